The lowest BCUT2D eigenvalue weighted by Crippen LogP contribution is -1.99. The normalized spacial score (nSPS) is 9.84. The van der Waals surface area contributed by atoms with Crippen LogP contribution < -0.4 is 9.47 Å². The quantitative estimate of drug-likeness (QED) is 0.829. The number of rotatable bonds is 2. The molecule has 0 aliphatic carbocycles. The van der Waals surface area contributed by atoms with Crippen LogP contribution in [0.5, 0.6) is 11.5 Å². The minimum atomic E-state index is 0.690. The maximum absolute atomic E-state index is 5.35. The molecule has 1 heterocycles. The summed E-state index contributed by atoms with van der Waals surface area (Å²) in [6.07, 6.45) is 0. The second kappa shape index (κ2) is 6.36. The van der Waals surface area contributed by atoms with E-state index in [1.165, 1.54) is 0 Å². The standard InChI is InChI=1S/C13H16N2O2.C2H6/c1-7-12-10(14-8(2)9(3)15-12)6-11(16-4)13(7)17-5;1-2/h6H,1-5H3;1-2H3. The van der Waals surface area contributed by atoms with Crippen molar-refractivity contribution in [2.45, 2.75) is 34.6 Å². The van der Waals surface area contributed by atoms with Crippen molar-refractivity contribution < 1.29 is 9.47 Å². The zero-order valence-electron chi connectivity index (χ0n) is 12.8. The van der Waals surface area contributed by atoms with E-state index in [1.807, 2.05) is 40.7 Å². The maximum atomic E-state index is 5.35. The Morgan fingerprint density at radius 1 is 0.895 bits per heavy atom. The van der Waals surface area contributed by atoms with Crippen LogP contribution in [0, 0.1) is 20.8 Å². The molecule has 4 heteroatoms. The van der Waals surface area contributed by atoms with Crippen molar-refractivity contribution in [1.29, 1.82) is 0 Å². The summed E-state index contributed by atoms with van der Waals surface area (Å²) in [7, 11) is 3.25. The van der Waals surface area contributed by atoms with E-state index < -0.39 is 0 Å². The van der Waals surface area contributed by atoms with Crippen LogP contribution in [0.3, 0.4) is 0 Å². The monoisotopic (exact) mass is 262 g/mol. The van der Waals surface area contributed by atoms with E-state index in [2.05, 4.69) is 9.97 Å². The van der Waals surface area contributed by atoms with Gasteiger partial charge in [-0.05, 0) is 20.8 Å². The summed E-state index contributed by atoms with van der Waals surface area (Å²) in [5, 5.41) is 0. The zero-order chi connectivity index (χ0) is 14.6. The largest absolute Gasteiger partial charge is 0.493 e. The molecule has 2 aromatic rings. The summed E-state index contributed by atoms with van der Waals surface area (Å²) in [5.74, 6) is 1.41. The lowest BCUT2D eigenvalue weighted by Gasteiger charge is -2.13. The Kier molecular flexibility index (Phi) is 5.10. The van der Waals surface area contributed by atoms with Gasteiger partial charge in [0.15, 0.2) is 11.5 Å². The van der Waals surface area contributed by atoms with Crippen molar-refractivity contribution in [2.75, 3.05) is 14.2 Å². The molecule has 0 spiro atoms. The minimum absolute atomic E-state index is 0.690. The average Bonchev–Trinajstić information content (AvgIpc) is 2.43. The number of aryl methyl sites for hydroxylation is 3. The van der Waals surface area contributed by atoms with Crippen LogP contribution in [0.25, 0.3) is 11.0 Å². The highest BCUT2D eigenvalue weighted by Gasteiger charge is 2.14. The lowest BCUT2D eigenvalue weighted by molar-refractivity contribution is 0.353. The molecule has 0 aliphatic rings. The van der Waals surface area contributed by atoms with E-state index in [1.54, 1.807) is 14.2 Å². The van der Waals surface area contributed by atoms with Gasteiger partial charge in [-0.25, -0.2) is 9.97 Å². The Bertz CT molecular complexity index is 580. The molecule has 0 saturated carbocycles. The second-order valence-electron chi connectivity index (χ2n) is 4.00. The van der Waals surface area contributed by atoms with E-state index in [0.717, 1.165) is 33.7 Å². The Hall–Kier alpha value is -1.84. The number of hydrogen-bond acceptors (Lipinski definition) is 4. The van der Waals surface area contributed by atoms with Gasteiger partial charge in [-0.2, -0.15) is 0 Å². The third kappa shape index (κ3) is 2.78. The van der Waals surface area contributed by atoms with E-state index >= 15 is 0 Å². The predicted molar refractivity (Wildman–Crippen MR) is 78.2 cm³/mol. The molecule has 0 aliphatic heterocycles. The molecule has 0 bridgehead atoms. The fraction of sp³-hybridized carbons (Fsp3) is 0.467. The van der Waals surface area contributed by atoms with Crippen LogP contribution in [0.2, 0.25) is 0 Å². The predicted octanol–water partition coefficient (Wildman–Crippen LogP) is 3.60. The van der Waals surface area contributed by atoms with Gasteiger partial charge in [-0.15, -0.1) is 0 Å². The van der Waals surface area contributed by atoms with Gasteiger partial charge in [0.25, 0.3) is 0 Å². The van der Waals surface area contributed by atoms with Crippen LogP contribution in [-0.4, -0.2) is 24.2 Å². The first kappa shape index (κ1) is 15.2. The molecule has 0 unspecified atom stereocenters. The van der Waals surface area contributed by atoms with E-state index in [-0.39, 0.29) is 0 Å². The first-order valence-electron chi connectivity index (χ1n) is 6.45. The second-order valence-corrected chi connectivity index (χ2v) is 4.00. The van der Waals surface area contributed by atoms with E-state index in [4.69, 9.17) is 9.47 Å². The Morgan fingerprint density at radius 2 is 1.47 bits per heavy atom. The van der Waals surface area contributed by atoms with Crippen molar-refractivity contribution >= 4 is 11.0 Å². The number of fused-ring (bicyclic) bond motifs is 1. The van der Waals surface area contributed by atoms with Crippen LogP contribution in [0.4, 0.5) is 0 Å². The van der Waals surface area contributed by atoms with Gasteiger partial charge < -0.3 is 9.47 Å². The van der Waals surface area contributed by atoms with Gasteiger partial charge in [0.1, 0.15) is 0 Å². The number of ether oxygens (including phenoxy) is 2. The first-order chi connectivity index (χ1) is 9.08. The average molecular weight is 262 g/mol. The van der Waals surface area contributed by atoms with E-state index in [0.29, 0.717) is 5.75 Å². The number of hydrogen-bond donors (Lipinski definition) is 0. The molecular weight excluding hydrogens is 240 g/mol. The van der Waals surface area contributed by atoms with Crippen molar-refractivity contribution in [3.05, 3.63) is 23.0 Å². The molecule has 0 saturated heterocycles. The summed E-state index contributed by atoms with van der Waals surface area (Å²) in [6, 6.07) is 1.86. The number of benzene rings is 1. The number of aromatic nitrogens is 2. The molecule has 0 radical (unpaired) electrons. The molecule has 0 N–H and O–H groups in total. The molecule has 0 atom stereocenters. The fourth-order valence-electron chi connectivity index (χ4n) is 1.88. The van der Waals surface area contributed by atoms with Crippen LogP contribution in [-0.2, 0) is 0 Å². The van der Waals surface area contributed by atoms with Crippen molar-refractivity contribution in [1.82, 2.24) is 9.97 Å². The molecule has 1 aromatic heterocycles. The molecule has 0 amide bonds. The van der Waals surface area contributed by atoms with Crippen molar-refractivity contribution in [3.8, 4) is 11.5 Å². The molecule has 19 heavy (non-hydrogen) atoms. The first-order valence-corrected chi connectivity index (χ1v) is 6.45. The zero-order valence-corrected chi connectivity index (χ0v) is 12.8. The maximum Gasteiger partial charge on any atom is 0.165 e. The SMILES string of the molecule is CC.COc1cc2nc(C)c(C)nc2c(C)c1OC. The van der Waals surface area contributed by atoms with Crippen molar-refractivity contribution in [2.24, 2.45) is 0 Å². The summed E-state index contributed by atoms with van der Waals surface area (Å²) < 4.78 is 10.7. The number of nitrogens with zero attached hydrogens (tertiary/aromatic N) is 2. The molecule has 2 rings (SSSR count). The highest BCUT2D eigenvalue weighted by atomic mass is 16.5. The minimum Gasteiger partial charge on any atom is -0.493 e. The Morgan fingerprint density at radius 3 is 2.00 bits per heavy atom. The topological polar surface area (TPSA) is 44.2 Å². The third-order valence-electron chi connectivity index (χ3n) is 2.95. The van der Waals surface area contributed by atoms with Crippen LogP contribution >= 0.6 is 0 Å². The van der Waals surface area contributed by atoms with Gasteiger partial charge >= 0.3 is 0 Å². The van der Waals surface area contributed by atoms with Crippen molar-refractivity contribution in [3.63, 3.8) is 0 Å². The van der Waals surface area contributed by atoms with E-state index in [9.17, 15) is 0 Å². The fourth-order valence-corrected chi connectivity index (χ4v) is 1.88. The van der Waals surface area contributed by atoms with Gasteiger partial charge in [-0.3, -0.25) is 0 Å². The molecular formula is C15H22N2O2. The molecule has 1 aromatic carbocycles. The Balaban J connectivity index is 0.000000861. The van der Waals surface area contributed by atoms with Gasteiger partial charge in [0.05, 0.1) is 36.6 Å². The summed E-state index contributed by atoms with van der Waals surface area (Å²) in [5.41, 5.74) is 4.53. The smallest absolute Gasteiger partial charge is 0.165 e. The highest BCUT2D eigenvalue weighted by Crippen LogP contribution is 2.35. The van der Waals surface area contributed by atoms with Crippen LogP contribution in [0.1, 0.15) is 30.8 Å². The summed E-state index contributed by atoms with van der Waals surface area (Å²) in [6.45, 7) is 9.87. The van der Waals surface area contributed by atoms with Crippen LogP contribution in [0.15, 0.2) is 6.07 Å². The molecule has 4 nitrogen and oxygen atoms in total. The molecule has 0 fully saturated rings. The van der Waals surface area contributed by atoms with Gasteiger partial charge in [0.2, 0.25) is 0 Å². The van der Waals surface area contributed by atoms with Gasteiger partial charge in [-0.1, -0.05) is 13.8 Å². The number of methoxy groups -OCH3 is 2. The lowest BCUT2D eigenvalue weighted by atomic mass is 10.1. The third-order valence-corrected chi connectivity index (χ3v) is 2.95. The Labute approximate surface area is 114 Å². The summed E-state index contributed by atoms with van der Waals surface area (Å²) in [4.78, 5) is 9.08. The van der Waals surface area contributed by atoms with Gasteiger partial charge in [0, 0.05) is 11.6 Å². The summed E-state index contributed by atoms with van der Waals surface area (Å²) >= 11 is 0. The highest BCUT2D eigenvalue weighted by molar-refractivity contribution is 5.83. The molecule has 104 valence electrons.